The molecular weight excluding hydrogens is 384 g/mol. The molecule has 8 nitrogen and oxygen atoms in total. The van der Waals surface area contributed by atoms with Crippen LogP contribution in [0.5, 0.6) is 5.75 Å². The molecule has 0 saturated carbocycles. The fourth-order valence-corrected chi connectivity index (χ4v) is 3.74. The predicted octanol–water partition coefficient (Wildman–Crippen LogP) is 2.21. The third-order valence-corrected chi connectivity index (χ3v) is 5.15. The number of amides is 2. The Hall–Kier alpha value is -3.23. The van der Waals surface area contributed by atoms with E-state index >= 15 is 0 Å². The second-order valence-corrected chi connectivity index (χ2v) is 7.48. The summed E-state index contributed by atoms with van der Waals surface area (Å²) in [4.78, 5) is 34.4. The minimum absolute atomic E-state index is 0.0979. The first-order chi connectivity index (χ1) is 14.5. The van der Waals surface area contributed by atoms with Gasteiger partial charge in [-0.25, -0.2) is 5.01 Å². The summed E-state index contributed by atoms with van der Waals surface area (Å²) in [5.41, 5.74) is 5.18. The quantitative estimate of drug-likeness (QED) is 0.757. The van der Waals surface area contributed by atoms with Crippen LogP contribution >= 0.6 is 0 Å². The number of fused-ring (bicyclic) bond motifs is 2. The van der Waals surface area contributed by atoms with Crippen LogP contribution in [-0.2, 0) is 27.5 Å². The van der Waals surface area contributed by atoms with Crippen molar-refractivity contribution in [2.45, 2.75) is 32.9 Å². The zero-order valence-electron chi connectivity index (χ0n) is 17.2. The largest absolute Gasteiger partial charge is 0.337 e. The fraction of sp³-hybridized carbons (Fsp3) is 0.318. The van der Waals surface area contributed by atoms with Crippen molar-refractivity contribution >= 4 is 23.2 Å². The predicted molar refractivity (Wildman–Crippen MR) is 112 cm³/mol. The Bertz CT molecular complexity index is 1020. The Morgan fingerprint density at radius 1 is 1.20 bits per heavy atom. The molecule has 2 aliphatic rings. The summed E-state index contributed by atoms with van der Waals surface area (Å²) in [6, 6.07) is 11.3. The number of anilines is 1. The Morgan fingerprint density at radius 2 is 1.97 bits per heavy atom. The molecule has 0 radical (unpaired) electrons. The second kappa shape index (κ2) is 8.25. The molecular formula is C22H24N4O4. The lowest BCUT2D eigenvalue weighted by molar-refractivity contribution is -0.194. The third-order valence-electron chi connectivity index (χ3n) is 5.15. The van der Waals surface area contributed by atoms with Gasteiger partial charge in [0.25, 0.3) is 0 Å². The molecule has 0 aliphatic carbocycles. The van der Waals surface area contributed by atoms with Gasteiger partial charge in [-0.15, -0.1) is 0 Å². The lowest BCUT2D eigenvalue weighted by atomic mass is 9.92. The van der Waals surface area contributed by atoms with Gasteiger partial charge >= 0.3 is 0 Å². The number of hydrogen-bond donors (Lipinski definition) is 2. The molecule has 8 heteroatoms. The smallest absolute Gasteiger partial charge is 0.239 e. The van der Waals surface area contributed by atoms with Gasteiger partial charge in [0.1, 0.15) is 6.61 Å². The van der Waals surface area contributed by atoms with Crippen molar-refractivity contribution in [2.24, 2.45) is 5.10 Å². The highest BCUT2D eigenvalue weighted by Crippen LogP contribution is 2.33. The number of carbonyl (C=O) groups excluding carboxylic acids is 2. The highest BCUT2D eigenvalue weighted by Gasteiger charge is 2.28. The number of carbonyl (C=O) groups is 2. The molecule has 2 aromatic carbocycles. The van der Waals surface area contributed by atoms with Gasteiger partial charge < -0.3 is 15.5 Å². The first-order valence-electron chi connectivity index (χ1n) is 9.85. The molecule has 0 spiro atoms. The van der Waals surface area contributed by atoms with Crippen molar-refractivity contribution in [1.82, 2.24) is 10.3 Å². The van der Waals surface area contributed by atoms with Crippen LogP contribution in [0.25, 0.3) is 0 Å². The van der Waals surface area contributed by atoms with Crippen molar-refractivity contribution < 1.29 is 19.4 Å². The summed E-state index contributed by atoms with van der Waals surface area (Å²) in [6.45, 7) is 4.11. The lowest BCUT2D eigenvalue weighted by Gasteiger charge is -2.21. The summed E-state index contributed by atoms with van der Waals surface area (Å²) >= 11 is 0. The number of hydrazone groups is 1. The summed E-state index contributed by atoms with van der Waals surface area (Å²) < 4.78 is 0. The van der Waals surface area contributed by atoms with Gasteiger partial charge in [0.05, 0.1) is 18.3 Å². The molecule has 0 fully saturated rings. The maximum atomic E-state index is 12.2. The second-order valence-electron chi connectivity index (χ2n) is 7.48. The first-order valence-corrected chi connectivity index (χ1v) is 9.85. The summed E-state index contributed by atoms with van der Waals surface area (Å²) in [5.74, 6) is 0.476. The van der Waals surface area contributed by atoms with Crippen molar-refractivity contribution in [2.75, 3.05) is 18.9 Å². The van der Waals surface area contributed by atoms with E-state index in [9.17, 15) is 9.59 Å². The highest BCUT2D eigenvalue weighted by molar-refractivity contribution is 6.14. The number of rotatable bonds is 4. The molecule has 1 atom stereocenters. The average Bonchev–Trinajstić information content (AvgIpc) is 3.10. The zero-order chi connectivity index (χ0) is 21.3. The molecule has 4 rings (SSSR count). The fourth-order valence-electron chi connectivity index (χ4n) is 3.74. The van der Waals surface area contributed by atoms with E-state index in [2.05, 4.69) is 10.6 Å². The van der Waals surface area contributed by atoms with Gasteiger partial charge in [-0.1, -0.05) is 12.1 Å². The normalized spacial score (nSPS) is 17.4. The van der Waals surface area contributed by atoms with Crippen LogP contribution in [0.3, 0.4) is 0 Å². The molecule has 2 heterocycles. The zero-order valence-corrected chi connectivity index (χ0v) is 17.2. The minimum atomic E-state index is -0.116. The van der Waals surface area contributed by atoms with Gasteiger partial charge in [0.15, 0.2) is 5.75 Å². The van der Waals surface area contributed by atoms with Crippen molar-refractivity contribution in [3.05, 3.63) is 58.7 Å². The highest BCUT2D eigenvalue weighted by atomic mass is 17.2. The number of nitrogens with one attached hydrogen (secondary N) is 2. The van der Waals surface area contributed by atoms with Crippen LogP contribution in [0.4, 0.5) is 5.69 Å². The minimum Gasteiger partial charge on any atom is -0.337 e. The molecule has 2 aliphatic heterocycles. The van der Waals surface area contributed by atoms with Crippen molar-refractivity contribution in [3.63, 3.8) is 0 Å². The van der Waals surface area contributed by atoms with E-state index in [1.165, 1.54) is 11.9 Å². The molecule has 2 N–H and O–H groups in total. The van der Waals surface area contributed by atoms with Gasteiger partial charge in [-0.2, -0.15) is 9.99 Å². The molecule has 0 aromatic heterocycles. The Balaban J connectivity index is 1.75. The molecule has 2 aromatic rings. The van der Waals surface area contributed by atoms with E-state index in [0.29, 0.717) is 30.2 Å². The first kappa shape index (κ1) is 20.1. The Labute approximate surface area is 174 Å². The van der Waals surface area contributed by atoms with Crippen LogP contribution in [0.15, 0.2) is 41.5 Å². The molecule has 2 amide bonds. The van der Waals surface area contributed by atoms with Gasteiger partial charge in [-0.3, -0.25) is 9.59 Å². The number of likely N-dealkylation sites (N-methyl/N-ethyl adjacent to an activating group) is 1. The number of hydrogen-bond acceptors (Lipinski definition) is 6. The van der Waals surface area contributed by atoms with E-state index in [0.717, 1.165) is 22.3 Å². The van der Waals surface area contributed by atoms with Crippen LogP contribution < -0.4 is 15.5 Å². The maximum absolute atomic E-state index is 12.2. The van der Waals surface area contributed by atoms with E-state index in [1.54, 1.807) is 7.05 Å². The van der Waals surface area contributed by atoms with E-state index < -0.39 is 0 Å². The Kier molecular flexibility index (Phi) is 5.52. The van der Waals surface area contributed by atoms with Crippen LogP contribution in [0.2, 0.25) is 0 Å². The Morgan fingerprint density at radius 3 is 2.67 bits per heavy atom. The van der Waals surface area contributed by atoms with Gasteiger partial charge in [0.2, 0.25) is 11.8 Å². The maximum Gasteiger partial charge on any atom is 0.239 e. The van der Waals surface area contributed by atoms with Crippen molar-refractivity contribution in [1.29, 1.82) is 0 Å². The molecule has 156 valence electrons. The van der Waals surface area contributed by atoms with E-state index in [1.807, 2.05) is 43.3 Å². The third kappa shape index (κ3) is 3.92. The topological polar surface area (TPSA) is 92.3 Å². The van der Waals surface area contributed by atoms with Crippen molar-refractivity contribution in [3.8, 4) is 5.75 Å². The molecule has 30 heavy (non-hydrogen) atoms. The standard InChI is InChI=1S/C22H24N4O4/c1-13-8-16-10-20-17(12-29-30-20)9-19(16)22(25-26(13)14(2)27)15-4-6-18(7-5-15)24-21(28)11-23-3/h4-7,9-10,13,23H,8,11-12H2,1-3H3,(H,24,28). The van der Waals surface area contributed by atoms with Crippen LogP contribution in [-0.4, -0.2) is 42.2 Å². The average molecular weight is 408 g/mol. The van der Waals surface area contributed by atoms with Crippen LogP contribution in [0.1, 0.15) is 36.1 Å². The lowest BCUT2D eigenvalue weighted by Crippen LogP contribution is -2.33. The number of nitrogens with zero attached hydrogens (tertiary/aromatic N) is 2. The van der Waals surface area contributed by atoms with Gasteiger partial charge in [-0.05, 0) is 50.2 Å². The molecule has 1 unspecified atom stereocenters. The number of benzene rings is 2. The monoisotopic (exact) mass is 408 g/mol. The summed E-state index contributed by atoms with van der Waals surface area (Å²) in [6.07, 6.45) is 0.650. The van der Waals surface area contributed by atoms with E-state index in [-0.39, 0.29) is 24.4 Å². The summed E-state index contributed by atoms with van der Waals surface area (Å²) in [7, 11) is 1.72. The SMILES string of the molecule is CNCC(=O)Nc1ccc(C2=NN(C(C)=O)C(C)Cc3cc4c(cc32)COO4)cc1. The molecule has 0 bridgehead atoms. The van der Waals surface area contributed by atoms with E-state index in [4.69, 9.17) is 14.9 Å². The van der Waals surface area contributed by atoms with Crippen LogP contribution in [0, 0.1) is 0 Å². The summed E-state index contributed by atoms with van der Waals surface area (Å²) in [5, 5.41) is 11.9. The van der Waals surface area contributed by atoms with Gasteiger partial charge in [0, 0.05) is 29.3 Å². The molecule has 0 saturated heterocycles.